The Kier molecular flexibility index (Phi) is 2.79. The molecule has 0 radical (unpaired) electrons. The Hall–Kier alpha value is -1.27. The van der Waals surface area contributed by atoms with Crippen molar-refractivity contribution >= 4 is 44.9 Å². The van der Waals surface area contributed by atoms with Crippen LogP contribution >= 0.6 is 23.1 Å². The molecule has 1 aromatic carbocycles. The lowest BCUT2D eigenvalue weighted by Gasteiger charge is -1.89. The van der Waals surface area contributed by atoms with Gasteiger partial charge in [0.05, 0.1) is 16.0 Å². The fourth-order valence-corrected chi connectivity index (χ4v) is 2.97. The maximum atomic E-state index is 10.6. The van der Waals surface area contributed by atoms with Crippen LogP contribution in [0.15, 0.2) is 22.5 Å². The number of nitrogens with two attached hydrogens (primary N) is 2. The van der Waals surface area contributed by atoms with E-state index in [9.17, 15) is 4.79 Å². The highest BCUT2D eigenvalue weighted by atomic mass is 32.2. The second-order valence-electron chi connectivity index (χ2n) is 2.96. The van der Waals surface area contributed by atoms with Gasteiger partial charge in [-0.05, 0) is 18.2 Å². The lowest BCUT2D eigenvalue weighted by Crippen LogP contribution is -2.12. The van der Waals surface area contributed by atoms with Crippen molar-refractivity contribution in [2.45, 2.75) is 4.34 Å². The van der Waals surface area contributed by atoms with Crippen LogP contribution in [-0.2, 0) is 4.79 Å². The van der Waals surface area contributed by atoms with E-state index in [1.807, 2.05) is 18.2 Å². The van der Waals surface area contributed by atoms with Crippen molar-refractivity contribution in [3.05, 3.63) is 18.2 Å². The molecular formula is C9H9N3OS2. The van der Waals surface area contributed by atoms with Gasteiger partial charge < -0.3 is 11.5 Å². The zero-order valence-electron chi connectivity index (χ0n) is 7.77. The second kappa shape index (κ2) is 4.08. The summed E-state index contributed by atoms with van der Waals surface area (Å²) in [5.41, 5.74) is 12.3. The maximum Gasteiger partial charge on any atom is 0.227 e. The van der Waals surface area contributed by atoms with Crippen molar-refractivity contribution in [1.29, 1.82) is 0 Å². The number of carbonyl (C=O) groups is 1. The number of anilines is 1. The van der Waals surface area contributed by atoms with Crippen LogP contribution in [0.3, 0.4) is 0 Å². The monoisotopic (exact) mass is 239 g/mol. The number of fused-ring (bicyclic) bond motifs is 1. The maximum absolute atomic E-state index is 10.6. The van der Waals surface area contributed by atoms with E-state index in [4.69, 9.17) is 11.5 Å². The summed E-state index contributed by atoms with van der Waals surface area (Å²) in [6.07, 6.45) is 0. The number of nitrogen functional groups attached to an aromatic ring is 1. The van der Waals surface area contributed by atoms with Crippen LogP contribution in [0.1, 0.15) is 0 Å². The summed E-state index contributed by atoms with van der Waals surface area (Å²) in [6, 6.07) is 5.56. The summed E-state index contributed by atoms with van der Waals surface area (Å²) in [6.45, 7) is 0. The van der Waals surface area contributed by atoms with E-state index in [0.717, 1.165) is 20.2 Å². The normalized spacial score (nSPS) is 10.7. The largest absolute Gasteiger partial charge is 0.399 e. The van der Waals surface area contributed by atoms with Gasteiger partial charge in [0, 0.05) is 5.69 Å². The molecule has 1 heterocycles. The molecule has 6 heteroatoms. The molecule has 2 aromatic rings. The van der Waals surface area contributed by atoms with Gasteiger partial charge in [-0.15, -0.1) is 11.3 Å². The number of primary amides is 1. The van der Waals surface area contributed by atoms with E-state index in [0.29, 0.717) is 0 Å². The van der Waals surface area contributed by atoms with Crippen LogP contribution in [0.2, 0.25) is 0 Å². The summed E-state index contributed by atoms with van der Waals surface area (Å²) >= 11 is 2.87. The highest BCUT2D eigenvalue weighted by molar-refractivity contribution is 8.01. The first-order valence-electron chi connectivity index (χ1n) is 4.22. The van der Waals surface area contributed by atoms with E-state index >= 15 is 0 Å². The van der Waals surface area contributed by atoms with Crippen molar-refractivity contribution in [1.82, 2.24) is 4.98 Å². The molecule has 0 unspecified atom stereocenters. The van der Waals surface area contributed by atoms with Crippen LogP contribution in [0.25, 0.3) is 10.2 Å². The summed E-state index contributed by atoms with van der Waals surface area (Å²) < 4.78 is 1.87. The van der Waals surface area contributed by atoms with Crippen LogP contribution in [0.4, 0.5) is 5.69 Å². The highest BCUT2D eigenvalue weighted by Crippen LogP contribution is 2.30. The van der Waals surface area contributed by atoms with E-state index in [1.165, 1.54) is 23.1 Å². The first kappa shape index (κ1) is 10.3. The molecule has 0 bridgehead atoms. The standard InChI is InChI=1S/C9H9N3OS2/c10-5-1-2-6-7(3-5)15-9(12-6)14-4-8(11)13/h1-3H,4,10H2,(H2,11,13). The van der Waals surface area contributed by atoms with Crippen molar-refractivity contribution in [3.63, 3.8) is 0 Å². The van der Waals surface area contributed by atoms with Gasteiger partial charge in [-0.25, -0.2) is 4.98 Å². The molecular weight excluding hydrogens is 230 g/mol. The third kappa shape index (κ3) is 2.40. The number of hydrogen-bond acceptors (Lipinski definition) is 5. The lowest BCUT2D eigenvalue weighted by molar-refractivity contribution is -0.115. The molecule has 0 aliphatic carbocycles. The van der Waals surface area contributed by atoms with Crippen molar-refractivity contribution in [2.75, 3.05) is 11.5 Å². The minimum atomic E-state index is -0.334. The fourth-order valence-electron chi connectivity index (χ4n) is 1.11. The summed E-state index contributed by atoms with van der Waals surface area (Å²) in [4.78, 5) is 14.9. The third-order valence-corrected chi connectivity index (χ3v) is 3.91. The third-order valence-electron chi connectivity index (χ3n) is 1.73. The first-order valence-corrected chi connectivity index (χ1v) is 6.02. The lowest BCUT2D eigenvalue weighted by atomic mass is 10.3. The summed E-state index contributed by atoms with van der Waals surface area (Å²) in [5, 5.41) is 0. The van der Waals surface area contributed by atoms with Crippen LogP contribution < -0.4 is 11.5 Å². The average Bonchev–Trinajstić information content (AvgIpc) is 2.56. The van der Waals surface area contributed by atoms with Crippen molar-refractivity contribution in [3.8, 4) is 0 Å². The number of hydrogen-bond donors (Lipinski definition) is 2. The molecule has 4 nitrogen and oxygen atoms in total. The number of amides is 1. The second-order valence-corrected chi connectivity index (χ2v) is 5.22. The average molecular weight is 239 g/mol. The van der Waals surface area contributed by atoms with E-state index in [2.05, 4.69) is 4.98 Å². The molecule has 1 amide bonds. The Morgan fingerprint density at radius 2 is 2.33 bits per heavy atom. The molecule has 4 N–H and O–H groups in total. The number of benzene rings is 1. The van der Waals surface area contributed by atoms with Crippen LogP contribution in [0, 0.1) is 0 Å². The molecule has 0 spiro atoms. The predicted molar refractivity (Wildman–Crippen MR) is 64.0 cm³/mol. The highest BCUT2D eigenvalue weighted by Gasteiger charge is 2.05. The SMILES string of the molecule is NC(=O)CSc1nc2ccc(N)cc2s1. The van der Waals surface area contributed by atoms with Gasteiger partial charge in [0.25, 0.3) is 0 Å². The van der Waals surface area contributed by atoms with Gasteiger partial charge >= 0.3 is 0 Å². The van der Waals surface area contributed by atoms with Crippen molar-refractivity contribution < 1.29 is 4.79 Å². The number of carbonyl (C=O) groups excluding carboxylic acids is 1. The zero-order valence-corrected chi connectivity index (χ0v) is 9.40. The molecule has 15 heavy (non-hydrogen) atoms. The van der Waals surface area contributed by atoms with Gasteiger partial charge in [-0.3, -0.25) is 4.79 Å². The molecule has 0 aliphatic rings. The van der Waals surface area contributed by atoms with E-state index in [-0.39, 0.29) is 11.7 Å². The predicted octanol–water partition coefficient (Wildman–Crippen LogP) is 1.46. The summed E-state index contributed by atoms with van der Waals surface area (Å²) in [5.74, 6) is -0.0752. The van der Waals surface area contributed by atoms with Gasteiger partial charge in [0.1, 0.15) is 0 Å². The van der Waals surface area contributed by atoms with Gasteiger partial charge in [-0.1, -0.05) is 11.8 Å². The fraction of sp³-hybridized carbons (Fsp3) is 0.111. The van der Waals surface area contributed by atoms with E-state index in [1.54, 1.807) is 0 Å². The Labute approximate surface area is 94.7 Å². The minimum absolute atomic E-state index is 0.259. The number of aromatic nitrogens is 1. The smallest absolute Gasteiger partial charge is 0.227 e. The molecule has 78 valence electrons. The molecule has 0 atom stereocenters. The Balaban J connectivity index is 2.27. The molecule has 1 aromatic heterocycles. The summed E-state index contributed by atoms with van der Waals surface area (Å²) in [7, 11) is 0. The number of thioether (sulfide) groups is 1. The number of nitrogens with zero attached hydrogens (tertiary/aromatic N) is 1. The van der Waals surface area contributed by atoms with Gasteiger partial charge in [-0.2, -0.15) is 0 Å². The Bertz CT molecular complexity index is 509. The van der Waals surface area contributed by atoms with Gasteiger partial charge in [0.2, 0.25) is 5.91 Å². The molecule has 0 saturated carbocycles. The number of thiazole rings is 1. The Morgan fingerprint density at radius 1 is 1.53 bits per heavy atom. The molecule has 0 saturated heterocycles. The van der Waals surface area contributed by atoms with E-state index < -0.39 is 0 Å². The molecule has 0 aliphatic heterocycles. The molecule has 2 rings (SSSR count). The quantitative estimate of drug-likeness (QED) is 0.627. The number of rotatable bonds is 3. The van der Waals surface area contributed by atoms with Crippen molar-refractivity contribution in [2.24, 2.45) is 5.73 Å². The first-order chi connectivity index (χ1) is 7.15. The molecule has 0 fully saturated rings. The van der Waals surface area contributed by atoms with Gasteiger partial charge in [0.15, 0.2) is 4.34 Å². The Morgan fingerprint density at radius 3 is 3.07 bits per heavy atom. The minimum Gasteiger partial charge on any atom is -0.399 e. The van der Waals surface area contributed by atoms with Crippen LogP contribution in [0.5, 0.6) is 0 Å². The van der Waals surface area contributed by atoms with Crippen LogP contribution in [-0.4, -0.2) is 16.6 Å². The zero-order chi connectivity index (χ0) is 10.8. The topological polar surface area (TPSA) is 82.0 Å².